The lowest BCUT2D eigenvalue weighted by molar-refractivity contribution is -0.150. The molecule has 0 amide bonds. The predicted octanol–water partition coefficient (Wildman–Crippen LogP) is 2.55. The molecule has 0 spiro atoms. The number of benzene rings is 1. The minimum atomic E-state index is -0.675. The fourth-order valence-electron chi connectivity index (χ4n) is 1.19. The fourth-order valence-corrected chi connectivity index (χ4v) is 2.10. The topological polar surface area (TPSA) is 43.4 Å². The Bertz CT molecular complexity index is 376. The quantitative estimate of drug-likeness (QED) is 0.443. The Labute approximate surface area is 106 Å². The third kappa shape index (κ3) is 4.61. The summed E-state index contributed by atoms with van der Waals surface area (Å²) in [6, 6.07) is 9.64. The molecule has 0 aliphatic rings. The van der Waals surface area contributed by atoms with Gasteiger partial charge in [-0.15, -0.1) is 11.8 Å². The Morgan fingerprint density at radius 2 is 1.94 bits per heavy atom. The Morgan fingerprint density at radius 3 is 2.53 bits per heavy atom. The summed E-state index contributed by atoms with van der Waals surface area (Å²) in [5.41, 5.74) is 0. The molecule has 1 aromatic rings. The van der Waals surface area contributed by atoms with Crippen LogP contribution in [0.5, 0.6) is 0 Å². The molecule has 0 heterocycles. The highest BCUT2D eigenvalue weighted by molar-refractivity contribution is 8.00. The highest BCUT2D eigenvalue weighted by Gasteiger charge is 2.22. The van der Waals surface area contributed by atoms with E-state index < -0.39 is 11.9 Å². The van der Waals surface area contributed by atoms with Gasteiger partial charge in [-0.2, -0.15) is 0 Å². The molecule has 0 bridgehead atoms. The maximum Gasteiger partial charge on any atom is 0.316 e. The van der Waals surface area contributed by atoms with Crippen molar-refractivity contribution in [3.8, 4) is 0 Å². The van der Waals surface area contributed by atoms with E-state index in [1.807, 2.05) is 30.3 Å². The van der Waals surface area contributed by atoms with Gasteiger partial charge in [-0.05, 0) is 26.0 Å². The lowest BCUT2D eigenvalue weighted by Crippen LogP contribution is -2.24. The molecule has 0 saturated carbocycles. The molecule has 0 unspecified atom stereocenters. The van der Waals surface area contributed by atoms with Crippen molar-refractivity contribution in [2.45, 2.75) is 18.7 Å². The lowest BCUT2D eigenvalue weighted by Gasteiger charge is -2.09. The van der Waals surface area contributed by atoms with Crippen molar-refractivity contribution in [2.24, 2.45) is 5.92 Å². The second-order valence-electron chi connectivity index (χ2n) is 3.54. The van der Waals surface area contributed by atoms with E-state index in [0.717, 1.165) is 4.90 Å². The van der Waals surface area contributed by atoms with E-state index in [4.69, 9.17) is 4.74 Å². The van der Waals surface area contributed by atoms with Crippen LogP contribution in [-0.2, 0) is 14.3 Å². The van der Waals surface area contributed by atoms with Gasteiger partial charge >= 0.3 is 5.97 Å². The molecule has 1 aromatic carbocycles. The van der Waals surface area contributed by atoms with E-state index in [2.05, 4.69) is 0 Å². The molecule has 0 aromatic heterocycles. The largest absolute Gasteiger partial charge is 0.465 e. The summed E-state index contributed by atoms with van der Waals surface area (Å²) < 4.78 is 4.81. The molecule has 3 nitrogen and oxygen atoms in total. The van der Waals surface area contributed by atoms with Crippen LogP contribution in [0.15, 0.2) is 35.2 Å². The van der Waals surface area contributed by atoms with Crippen molar-refractivity contribution in [1.29, 1.82) is 0 Å². The first-order chi connectivity index (χ1) is 8.15. The third-order valence-electron chi connectivity index (χ3n) is 2.25. The number of carbonyl (C=O) groups excluding carboxylic acids is 2. The van der Waals surface area contributed by atoms with E-state index in [9.17, 15) is 9.59 Å². The fraction of sp³-hybridized carbons (Fsp3) is 0.385. The second kappa shape index (κ2) is 7.12. The van der Waals surface area contributed by atoms with E-state index in [1.165, 1.54) is 11.8 Å². The average molecular weight is 252 g/mol. The van der Waals surface area contributed by atoms with Gasteiger partial charge in [0.15, 0.2) is 5.78 Å². The first-order valence-corrected chi connectivity index (χ1v) is 6.51. The monoisotopic (exact) mass is 252 g/mol. The van der Waals surface area contributed by atoms with Crippen LogP contribution in [0.3, 0.4) is 0 Å². The summed E-state index contributed by atoms with van der Waals surface area (Å²) in [6.07, 6.45) is 0. The van der Waals surface area contributed by atoms with Crippen molar-refractivity contribution in [3.05, 3.63) is 30.3 Å². The number of hydrogen-bond donors (Lipinski definition) is 0. The van der Waals surface area contributed by atoms with E-state index >= 15 is 0 Å². The minimum absolute atomic E-state index is 0.0997. The number of rotatable bonds is 6. The number of hydrogen-bond acceptors (Lipinski definition) is 4. The summed E-state index contributed by atoms with van der Waals surface area (Å²) in [6.45, 7) is 3.63. The number of ketones is 1. The average Bonchev–Trinajstić information content (AvgIpc) is 2.36. The van der Waals surface area contributed by atoms with Crippen LogP contribution in [0.1, 0.15) is 13.8 Å². The van der Waals surface area contributed by atoms with E-state index in [0.29, 0.717) is 12.4 Å². The molecule has 0 aliphatic heterocycles. The molecule has 0 aliphatic carbocycles. The zero-order valence-corrected chi connectivity index (χ0v) is 10.8. The van der Waals surface area contributed by atoms with Gasteiger partial charge in [-0.3, -0.25) is 9.59 Å². The van der Waals surface area contributed by atoms with Gasteiger partial charge in [0.2, 0.25) is 0 Å². The van der Waals surface area contributed by atoms with E-state index in [1.54, 1.807) is 13.8 Å². The van der Waals surface area contributed by atoms with Gasteiger partial charge < -0.3 is 4.74 Å². The van der Waals surface area contributed by atoms with Gasteiger partial charge in [-0.25, -0.2) is 0 Å². The summed E-state index contributed by atoms with van der Waals surface area (Å²) >= 11 is 1.44. The van der Waals surface area contributed by atoms with Crippen LogP contribution in [0.2, 0.25) is 0 Å². The van der Waals surface area contributed by atoms with Crippen molar-refractivity contribution in [3.63, 3.8) is 0 Å². The summed E-state index contributed by atoms with van der Waals surface area (Å²) in [5.74, 6) is -0.918. The van der Waals surface area contributed by atoms with Crippen LogP contribution in [0.4, 0.5) is 0 Å². The molecule has 0 N–H and O–H groups in total. The zero-order chi connectivity index (χ0) is 12.7. The molecule has 1 atom stereocenters. The number of thioether (sulfide) groups is 1. The van der Waals surface area contributed by atoms with E-state index in [-0.39, 0.29) is 5.78 Å². The molecule has 1 rings (SSSR count). The Hall–Kier alpha value is -1.29. The summed E-state index contributed by atoms with van der Waals surface area (Å²) in [4.78, 5) is 24.1. The molecule has 0 radical (unpaired) electrons. The summed E-state index contributed by atoms with van der Waals surface area (Å²) in [5, 5.41) is 0. The van der Waals surface area contributed by atoms with Gasteiger partial charge in [0.25, 0.3) is 0 Å². The highest BCUT2D eigenvalue weighted by atomic mass is 32.2. The van der Waals surface area contributed by atoms with Gasteiger partial charge in [0.1, 0.15) is 5.92 Å². The zero-order valence-electron chi connectivity index (χ0n) is 10.0. The first-order valence-electron chi connectivity index (χ1n) is 5.52. The molecular formula is C13H16O3S. The van der Waals surface area contributed by atoms with Gasteiger partial charge in [0.05, 0.1) is 12.4 Å². The second-order valence-corrected chi connectivity index (χ2v) is 4.59. The van der Waals surface area contributed by atoms with Crippen LogP contribution in [0.25, 0.3) is 0 Å². The van der Waals surface area contributed by atoms with Gasteiger partial charge in [0, 0.05) is 4.90 Å². The molecule has 92 valence electrons. The van der Waals surface area contributed by atoms with Crippen LogP contribution in [-0.4, -0.2) is 24.1 Å². The number of Topliss-reactive ketones (excluding diaryl/α,β-unsaturated/α-hetero) is 1. The number of ether oxygens (including phenoxy) is 1. The molecule has 0 saturated heterocycles. The minimum Gasteiger partial charge on any atom is -0.465 e. The predicted molar refractivity (Wildman–Crippen MR) is 68.0 cm³/mol. The van der Waals surface area contributed by atoms with Gasteiger partial charge in [-0.1, -0.05) is 18.2 Å². The molecular weight excluding hydrogens is 236 g/mol. The normalized spacial score (nSPS) is 11.9. The number of esters is 1. The Balaban J connectivity index is 2.42. The van der Waals surface area contributed by atoms with Crippen molar-refractivity contribution >= 4 is 23.5 Å². The van der Waals surface area contributed by atoms with Crippen molar-refractivity contribution in [2.75, 3.05) is 12.4 Å². The smallest absolute Gasteiger partial charge is 0.316 e. The third-order valence-corrected chi connectivity index (χ3v) is 3.28. The van der Waals surface area contributed by atoms with Crippen molar-refractivity contribution < 1.29 is 14.3 Å². The summed E-state index contributed by atoms with van der Waals surface area (Å²) in [7, 11) is 0. The Morgan fingerprint density at radius 1 is 1.29 bits per heavy atom. The maximum absolute atomic E-state index is 11.7. The molecule has 0 fully saturated rings. The standard InChI is InChI=1S/C13H16O3S/c1-3-16-13(15)10(2)12(14)9-17-11-7-5-4-6-8-11/h4-8,10H,3,9H2,1-2H3/t10-/m0/s1. The van der Waals surface area contributed by atoms with Crippen molar-refractivity contribution in [1.82, 2.24) is 0 Å². The Kier molecular flexibility index (Phi) is 5.77. The highest BCUT2D eigenvalue weighted by Crippen LogP contribution is 2.18. The first kappa shape index (κ1) is 13.8. The van der Waals surface area contributed by atoms with Crippen LogP contribution < -0.4 is 0 Å². The maximum atomic E-state index is 11.7. The van der Waals surface area contributed by atoms with Crippen LogP contribution >= 0.6 is 11.8 Å². The lowest BCUT2D eigenvalue weighted by atomic mass is 10.1. The molecule has 17 heavy (non-hydrogen) atoms. The van der Waals surface area contributed by atoms with Crippen LogP contribution in [0, 0.1) is 5.92 Å². The number of carbonyl (C=O) groups is 2. The molecule has 4 heteroatoms. The SMILES string of the molecule is CCOC(=O)[C@@H](C)C(=O)CSc1ccccc1.